The second-order valence-corrected chi connectivity index (χ2v) is 3.73. The molecule has 1 aromatic heterocycles. The Labute approximate surface area is 98.0 Å². The zero-order valence-electron chi connectivity index (χ0n) is 9.23. The molecule has 0 aromatic carbocycles. The number of carbonyl (C=O) groups is 1. The lowest BCUT2D eigenvalue weighted by Gasteiger charge is -2.13. The van der Waals surface area contributed by atoms with E-state index in [1.165, 1.54) is 0 Å². The molecule has 7 nitrogen and oxygen atoms in total. The zero-order valence-corrected chi connectivity index (χ0v) is 9.99. The van der Waals surface area contributed by atoms with E-state index in [-0.39, 0.29) is 11.2 Å². The normalized spacial score (nSPS) is 12.0. The number of rotatable bonds is 4. The monoisotopic (exact) mass is 244 g/mol. The van der Waals surface area contributed by atoms with Crippen molar-refractivity contribution in [2.24, 2.45) is 5.73 Å². The molecule has 1 heterocycles. The third-order valence-electron chi connectivity index (χ3n) is 1.77. The van der Waals surface area contributed by atoms with Crippen molar-refractivity contribution in [3.8, 4) is 0 Å². The Bertz CT molecular complexity index is 396. The van der Waals surface area contributed by atoms with Gasteiger partial charge >= 0.3 is 0 Å². The summed E-state index contributed by atoms with van der Waals surface area (Å²) in [6, 6.07) is -0.575. The van der Waals surface area contributed by atoms with Gasteiger partial charge in [-0.15, -0.1) is 0 Å². The summed E-state index contributed by atoms with van der Waals surface area (Å²) < 4.78 is 0. The fraction of sp³-hybridized carbons (Fsp3) is 0.500. The maximum absolute atomic E-state index is 10.9. The number of aromatic nitrogens is 3. The minimum atomic E-state index is -0.575. The number of anilines is 2. The van der Waals surface area contributed by atoms with Crippen molar-refractivity contribution in [1.29, 1.82) is 0 Å². The van der Waals surface area contributed by atoms with Crippen LogP contribution in [0.4, 0.5) is 11.9 Å². The Morgan fingerprint density at radius 3 is 2.56 bits per heavy atom. The summed E-state index contributed by atoms with van der Waals surface area (Å²) in [5.74, 6) is 0.122. The van der Waals surface area contributed by atoms with Gasteiger partial charge in [-0.25, -0.2) is 0 Å². The first-order chi connectivity index (χ1) is 7.40. The fourth-order valence-electron chi connectivity index (χ4n) is 0.869. The molecule has 0 saturated heterocycles. The molecule has 0 bridgehead atoms. The number of amides is 1. The number of nitrogens with zero attached hydrogens (tertiary/aromatic N) is 4. The summed E-state index contributed by atoms with van der Waals surface area (Å²) in [7, 11) is 3.54. The molecule has 16 heavy (non-hydrogen) atoms. The van der Waals surface area contributed by atoms with E-state index in [2.05, 4.69) is 20.3 Å². The first kappa shape index (κ1) is 12.4. The van der Waals surface area contributed by atoms with Crippen molar-refractivity contribution in [2.75, 3.05) is 24.3 Å². The van der Waals surface area contributed by atoms with Crippen molar-refractivity contribution in [2.45, 2.75) is 13.0 Å². The maximum Gasteiger partial charge on any atom is 0.239 e. The Hall–Kier alpha value is -1.63. The van der Waals surface area contributed by atoms with Crippen molar-refractivity contribution < 1.29 is 4.79 Å². The third-order valence-corrected chi connectivity index (χ3v) is 1.94. The van der Waals surface area contributed by atoms with Crippen molar-refractivity contribution in [3.63, 3.8) is 0 Å². The summed E-state index contributed by atoms with van der Waals surface area (Å²) in [4.78, 5) is 24.3. The molecule has 0 fully saturated rings. The van der Waals surface area contributed by atoms with E-state index in [1.807, 2.05) is 0 Å². The number of nitrogens with two attached hydrogens (primary N) is 1. The van der Waals surface area contributed by atoms with Crippen LogP contribution in [0.2, 0.25) is 5.28 Å². The number of halogens is 1. The lowest BCUT2D eigenvalue weighted by molar-refractivity contribution is -0.118. The van der Waals surface area contributed by atoms with Crippen molar-refractivity contribution in [3.05, 3.63) is 5.28 Å². The number of carbonyl (C=O) groups excluding carboxylic acids is 1. The number of nitrogens with one attached hydrogen (secondary N) is 1. The van der Waals surface area contributed by atoms with Gasteiger partial charge in [0, 0.05) is 14.1 Å². The van der Waals surface area contributed by atoms with Gasteiger partial charge in [-0.05, 0) is 18.5 Å². The molecule has 88 valence electrons. The van der Waals surface area contributed by atoms with E-state index < -0.39 is 11.9 Å². The SMILES string of the molecule is CC(Nc1nc(Cl)nc(N(C)C)n1)C(N)=O. The molecule has 0 aliphatic heterocycles. The predicted octanol–water partition coefficient (Wildman–Crippen LogP) is -0.123. The highest BCUT2D eigenvalue weighted by Crippen LogP contribution is 2.11. The second kappa shape index (κ2) is 4.93. The van der Waals surface area contributed by atoms with E-state index in [0.29, 0.717) is 5.95 Å². The van der Waals surface area contributed by atoms with Gasteiger partial charge in [-0.3, -0.25) is 4.79 Å². The molecule has 0 saturated carbocycles. The van der Waals surface area contributed by atoms with Crippen LogP contribution >= 0.6 is 11.6 Å². The standard InChI is InChI=1S/C8H13ClN6O/c1-4(5(10)16)11-7-12-6(9)13-8(14-7)15(2)3/h4H,1-3H3,(H2,10,16)(H,11,12,13,14). The van der Waals surface area contributed by atoms with Gasteiger partial charge in [-0.2, -0.15) is 15.0 Å². The van der Waals surface area contributed by atoms with Crippen molar-refractivity contribution in [1.82, 2.24) is 15.0 Å². The maximum atomic E-state index is 10.9. The largest absolute Gasteiger partial charge is 0.368 e. The van der Waals surface area contributed by atoms with Gasteiger partial charge in [0.25, 0.3) is 0 Å². The molecule has 1 unspecified atom stereocenters. The van der Waals surface area contributed by atoms with Gasteiger partial charge in [0.15, 0.2) is 0 Å². The zero-order chi connectivity index (χ0) is 12.3. The lowest BCUT2D eigenvalue weighted by Crippen LogP contribution is -2.33. The summed E-state index contributed by atoms with van der Waals surface area (Å²) in [5, 5.41) is 2.78. The van der Waals surface area contributed by atoms with Gasteiger partial charge < -0.3 is 16.0 Å². The van der Waals surface area contributed by atoms with Crippen LogP contribution in [-0.2, 0) is 4.79 Å². The lowest BCUT2D eigenvalue weighted by atomic mass is 10.3. The van der Waals surface area contributed by atoms with Crippen LogP contribution in [-0.4, -0.2) is 41.0 Å². The molecular weight excluding hydrogens is 232 g/mol. The Morgan fingerprint density at radius 1 is 1.44 bits per heavy atom. The Morgan fingerprint density at radius 2 is 2.06 bits per heavy atom. The first-order valence-electron chi connectivity index (χ1n) is 4.55. The molecular formula is C8H13ClN6O. The van der Waals surface area contributed by atoms with Crippen LogP contribution in [0.15, 0.2) is 0 Å². The van der Waals surface area contributed by atoms with Gasteiger partial charge in [0.2, 0.25) is 23.1 Å². The minimum Gasteiger partial charge on any atom is -0.368 e. The Balaban J connectivity index is 2.92. The van der Waals surface area contributed by atoms with Crippen LogP contribution in [0.1, 0.15) is 6.92 Å². The molecule has 8 heteroatoms. The molecule has 1 aromatic rings. The molecule has 1 rings (SSSR count). The van der Waals surface area contributed by atoms with Crippen LogP contribution in [0.5, 0.6) is 0 Å². The highest BCUT2D eigenvalue weighted by molar-refractivity contribution is 6.28. The highest BCUT2D eigenvalue weighted by atomic mass is 35.5. The molecule has 0 radical (unpaired) electrons. The van der Waals surface area contributed by atoms with E-state index in [9.17, 15) is 4.79 Å². The molecule has 1 amide bonds. The van der Waals surface area contributed by atoms with Crippen LogP contribution in [0.3, 0.4) is 0 Å². The minimum absolute atomic E-state index is 0.0536. The predicted molar refractivity (Wildman–Crippen MR) is 61.4 cm³/mol. The van der Waals surface area contributed by atoms with Gasteiger partial charge in [0.05, 0.1) is 0 Å². The number of primary amides is 1. The van der Waals surface area contributed by atoms with E-state index in [1.54, 1.807) is 25.9 Å². The summed E-state index contributed by atoms with van der Waals surface area (Å²) >= 11 is 5.71. The third kappa shape index (κ3) is 3.20. The molecule has 0 aliphatic carbocycles. The van der Waals surface area contributed by atoms with E-state index in [0.717, 1.165) is 0 Å². The smallest absolute Gasteiger partial charge is 0.239 e. The molecule has 0 aliphatic rings. The van der Waals surface area contributed by atoms with Crippen molar-refractivity contribution >= 4 is 29.4 Å². The quantitative estimate of drug-likeness (QED) is 0.766. The van der Waals surface area contributed by atoms with E-state index in [4.69, 9.17) is 17.3 Å². The first-order valence-corrected chi connectivity index (χ1v) is 4.92. The average Bonchev–Trinajstić information content (AvgIpc) is 2.16. The summed E-state index contributed by atoms with van der Waals surface area (Å²) in [6.45, 7) is 1.61. The summed E-state index contributed by atoms with van der Waals surface area (Å²) in [5.41, 5.74) is 5.10. The van der Waals surface area contributed by atoms with Gasteiger partial charge in [0.1, 0.15) is 6.04 Å². The molecule has 1 atom stereocenters. The Kier molecular flexibility index (Phi) is 3.83. The summed E-state index contributed by atoms with van der Waals surface area (Å²) in [6.07, 6.45) is 0. The second-order valence-electron chi connectivity index (χ2n) is 3.39. The number of hydrogen-bond donors (Lipinski definition) is 2. The number of hydrogen-bond acceptors (Lipinski definition) is 6. The topological polar surface area (TPSA) is 97.0 Å². The molecule has 0 spiro atoms. The van der Waals surface area contributed by atoms with Crippen LogP contribution in [0.25, 0.3) is 0 Å². The van der Waals surface area contributed by atoms with Crippen LogP contribution < -0.4 is 16.0 Å². The fourth-order valence-corrected chi connectivity index (χ4v) is 1.02. The molecule has 3 N–H and O–H groups in total. The van der Waals surface area contributed by atoms with E-state index >= 15 is 0 Å². The van der Waals surface area contributed by atoms with Gasteiger partial charge in [-0.1, -0.05) is 0 Å². The highest BCUT2D eigenvalue weighted by Gasteiger charge is 2.12. The average molecular weight is 245 g/mol. The van der Waals surface area contributed by atoms with Crippen LogP contribution in [0, 0.1) is 0 Å².